The number of alkyl halides is 3. The van der Waals surface area contributed by atoms with Crippen LogP contribution in [0.4, 0.5) is 8.78 Å². The number of rotatable bonds is 9. The monoisotopic (exact) mass is 612 g/mol. The number of ketones is 1. The smallest absolute Gasteiger partial charge is 0.352 e. The second kappa shape index (κ2) is 12.1. The number of benzene rings is 2. The Kier molecular flexibility index (Phi) is 9.14. The molecule has 0 bridgehead atoms. The molecule has 3 atom stereocenters. The molecule has 188 valence electrons. The van der Waals surface area contributed by atoms with E-state index in [0.717, 1.165) is 62.7 Å². The molecule has 0 N–H and O–H groups in total. The Morgan fingerprint density at radius 2 is 1.83 bits per heavy atom. The number of Topliss-reactive ketones (excluding diaryl/α,β-unsaturated/α-hetero) is 1. The second-order valence-electron chi connectivity index (χ2n) is 9.64. The minimum atomic E-state index is -3.32. The van der Waals surface area contributed by atoms with Crippen molar-refractivity contribution in [3.8, 4) is 5.75 Å². The predicted molar refractivity (Wildman–Crippen MR) is 149 cm³/mol. The minimum absolute atomic E-state index is 0.116. The number of allylic oxidation sites excluding steroid dienone is 2. The van der Waals surface area contributed by atoms with Crippen LogP contribution in [-0.2, 0) is 11.2 Å². The lowest BCUT2D eigenvalue weighted by atomic mass is 9.80. The molecule has 2 aliphatic carbocycles. The molecule has 0 aliphatic heterocycles. The maximum atomic E-state index is 14.3. The van der Waals surface area contributed by atoms with Crippen LogP contribution in [0, 0.1) is 11.8 Å². The molecule has 2 nitrogen and oxygen atoms in total. The van der Waals surface area contributed by atoms with Crippen LogP contribution in [-0.4, -0.2) is 20.3 Å². The summed E-state index contributed by atoms with van der Waals surface area (Å²) in [7, 11) is 0. The molecule has 3 unspecified atom stereocenters. The lowest BCUT2D eigenvalue weighted by Gasteiger charge is -2.25. The molecule has 2 aromatic rings. The molecule has 0 saturated heterocycles. The van der Waals surface area contributed by atoms with Gasteiger partial charge in [-0.1, -0.05) is 77.9 Å². The molecule has 35 heavy (non-hydrogen) atoms. The molecular weight excluding hydrogens is 581 g/mol. The summed E-state index contributed by atoms with van der Waals surface area (Å²) in [6.45, 7) is 0. The van der Waals surface area contributed by atoms with Crippen LogP contribution < -0.4 is 4.74 Å². The lowest BCUT2D eigenvalue weighted by Crippen LogP contribution is -2.26. The zero-order valence-electron chi connectivity index (χ0n) is 19.8. The highest BCUT2D eigenvalue weighted by Crippen LogP contribution is 2.40. The summed E-state index contributed by atoms with van der Waals surface area (Å²) in [6.07, 6.45) is 11.4. The number of halogens is 4. The average Bonchev–Trinajstić information content (AvgIpc) is 3.09. The average molecular weight is 613 g/mol. The summed E-state index contributed by atoms with van der Waals surface area (Å²) >= 11 is 4.51. The fourth-order valence-corrected chi connectivity index (χ4v) is 6.18. The van der Waals surface area contributed by atoms with Crippen LogP contribution in [0.1, 0.15) is 62.5 Å². The molecule has 0 radical (unpaired) electrons. The Labute approximate surface area is 221 Å². The van der Waals surface area contributed by atoms with E-state index in [-0.39, 0.29) is 17.6 Å². The first-order chi connectivity index (χ1) is 16.9. The third-order valence-corrected chi connectivity index (χ3v) is 8.98. The van der Waals surface area contributed by atoms with E-state index >= 15 is 0 Å². The Morgan fingerprint density at radius 3 is 2.63 bits per heavy atom. The highest BCUT2D eigenvalue weighted by atomic mass is 127. The third-order valence-electron chi connectivity index (χ3n) is 7.21. The zero-order valence-corrected chi connectivity index (χ0v) is 22.7. The van der Waals surface area contributed by atoms with E-state index in [2.05, 4.69) is 4.51 Å². The highest BCUT2D eigenvalue weighted by Gasteiger charge is 2.40. The molecule has 0 heterocycles. The fourth-order valence-electron chi connectivity index (χ4n) is 5.36. The molecule has 0 spiro atoms. The number of fused-ring (bicyclic) bond motifs is 1. The van der Waals surface area contributed by atoms with Gasteiger partial charge in [0, 0.05) is 5.57 Å². The van der Waals surface area contributed by atoms with Crippen molar-refractivity contribution in [1.29, 1.82) is 0 Å². The lowest BCUT2D eigenvalue weighted by molar-refractivity contribution is -0.125. The number of ether oxygens (including phenoxy) is 1. The Morgan fingerprint density at radius 1 is 1.06 bits per heavy atom. The van der Waals surface area contributed by atoms with Crippen molar-refractivity contribution in [2.24, 2.45) is 11.8 Å². The first kappa shape index (κ1) is 26.5. The van der Waals surface area contributed by atoms with Crippen LogP contribution in [0.5, 0.6) is 5.75 Å². The van der Waals surface area contributed by atoms with Crippen molar-refractivity contribution in [3.05, 3.63) is 70.8 Å². The number of hydrogen-bond donors (Lipinski definition) is 0. The second-order valence-corrected chi connectivity index (χ2v) is 12.2. The van der Waals surface area contributed by atoms with Crippen molar-refractivity contribution in [3.63, 3.8) is 0 Å². The van der Waals surface area contributed by atoms with E-state index < -0.39 is 30.4 Å². The molecule has 6 heteroatoms. The Balaban J connectivity index is 1.32. The van der Waals surface area contributed by atoms with E-state index in [1.165, 1.54) is 6.42 Å². The van der Waals surface area contributed by atoms with Gasteiger partial charge in [0.25, 0.3) is 0 Å². The summed E-state index contributed by atoms with van der Waals surface area (Å²) in [4.78, 5) is 12.7. The van der Waals surface area contributed by atoms with Crippen LogP contribution in [0.3, 0.4) is 0 Å². The Hall–Kier alpha value is -1.60. The molecular formula is C29H32ClF2IO2. The molecule has 0 aromatic heterocycles. The molecule has 4 rings (SSSR count). The zero-order chi connectivity index (χ0) is 24.8. The largest absolute Gasteiger partial charge is 0.489 e. The Bertz CT molecular complexity index is 1080. The fraction of sp³-hybridized carbons (Fsp3) is 0.448. The van der Waals surface area contributed by atoms with Gasteiger partial charge in [0.05, 0.1) is 11.1 Å². The standard InChI is InChI=1S/C29H32ClF2IO2/c1-33-29(31,32)28(34)25-19-21(18-22-11-2-3-13-24(22)25)10-6-8-20-9-7-12-23(17-16-20)35-27-15-5-4-14-26(27)30/h2-5,11,13-15,19-21,23H,1,6-10,12,16-18H2. The van der Waals surface area contributed by atoms with Crippen molar-refractivity contribution in [2.75, 3.05) is 0 Å². The predicted octanol–water partition coefficient (Wildman–Crippen LogP) is 8.66. The van der Waals surface area contributed by atoms with E-state index in [1.54, 1.807) is 6.07 Å². The van der Waals surface area contributed by atoms with Crippen LogP contribution >= 0.6 is 32.3 Å². The topological polar surface area (TPSA) is 26.3 Å². The normalized spacial score (nSPS) is 22.6. The SMILES string of the molecule is C=IC(F)(F)C(=O)C1=CC(CCCC2CCCC(Oc3ccccc3Cl)CC2)Cc2ccccc21. The van der Waals surface area contributed by atoms with Crippen molar-refractivity contribution >= 4 is 48.2 Å². The van der Waals surface area contributed by atoms with Crippen molar-refractivity contribution in [2.45, 2.75) is 67.8 Å². The van der Waals surface area contributed by atoms with E-state index in [1.807, 2.05) is 48.5 Å². The van der Waals surface area contributed by atoms with E-state index in [4.69, 9.17) is 16.3 Å². The van der Waals surface area contributed by atoms with Crippen LogP contribution in [0.25, 0.3) is 5.57 Å². The molecule has 0 amide bonds. The summed E-state index contributed by atoms with van der Waals surface area (Å²) in [5, 5.41) is 0.656. The number of carbonyl (C=O) groups excluding carboxylic acids is 1. The van der Waals surface area contributed by atoms with E-state index in [9.17, 15) is 13.6 Å². The number of carbonyl (C=O) groups is 1. The summed E-state index contributed by atoms with van der Waals surface area (Å²) in [5.41, 5.74) is 1.86. The van der Waals surface area contributed by atoms with Gasteiger partial charge in [-0.05, 0) is 94.4 Å². The minimum Gasteiger partial charge on any atom is -0.489 e. The first-order valence-corrected chi connectivity index (χ1v) is 15.4. The highest BCUT2D eigenvalue weighted by molar-refractivity contribution is 14.2. The molecule has 2 aromatic carbocycles. The van der Waals surface area contributed by atoms with Gasteiger partial charge in [0.15, 0.2) is 0 Å². The van der Waals surface area contributed by atoms with E-state index in [0.29, 0.717) is 16.5 Å². The van der Waals surface area contributed by atoms with Gasteiger partial charge in [-0.15, -0.1) is 0 Å². The maximum absolute atomic E-state index is 14.3. The maximum Gasteiger partial charge on any atom is 0.352 e. The van der Waals surface area contributed by atoms with Gasteiger partial charge in [-0.3, -0.25) is 4.79 Å². The number of para-hydroxylation sites is 1. The van der Waals surface area contributed by atoms with Gasteiger partial charge in [0.2, 0.25) is 5.78 Å². The van der Waals surface area contributed by atoms with Crippen LogP contribution in [0.2, 0.25) is 5.02 Å². The quantitative estimate of drug-likeness (QED) is 0.161. The van der Waals surface area contributed by atoms with Crippen LogP contribution in [0.15, 0.2) is 54.6 Å². The first-order valence-electron chi connectivity index (χ1n) is 12.4. The van der Waals surface area contributed by atoms with Crippen molar-refractivity contribution in [1.82, 2.24) is 0 Å². The summed E-state index contributed by atoms with van der Waals surface area (Å²) < 4.78 is 34.8. The number of hydrogen-bond acceptors (Lipinski definition) is 2. The molecule has 1 saturated carbocycles. The van der Waals surface area contributed by atoms with Gasteiger partial charge >= 0.3 is 3.93 Å². The van der Waals surface area contributed by atoms with Gasteiger partial charge < -0.3 is 4.74 Å². The molecule has 2 aliphatic rings. The van der Waals surface area contributed by atoms with Gasteiger partial charge in [-0.2, -0.15) is 8.78 Å². The van der Waals surface area contributed by atoms with Gasteiger partial charge in [0.1, 0.15) is 5.75 Å². The van der Waals surface area contributed by atoms with Gasteiger partial charge in [-0.25, -0.2) is 0 Å². The third kappa shape index (κ3) is 6.79. The summed E-state index contributed by atoms with van der Waals surface area (Å²) in [6, 6.07) is 15.1. The molecule has 1 fully saturated rings. The van der Waals surface area contributed by atoms with Crippen molar-refractivity contribution < 1.29 is 18.3 Å². The summed E-state index contributed by atoms with van der Waals surface area (Å²) in [5.74, 6) is 0.477.